The molecule has 1 N–H and O–H groups in total. The van der Waals surface area contributed by atoms with E-state index in [4.69, 9.17) is 4.74 Å². The van der Waals surface area contributed by atoms with Crippen molar-refractivity contribution in [3.05, 3.63) is 70.8 Å². The number of amides is 1. The second kappa shape index (κ2) is 8.34. The number of carbonyl (C=O) groups is 1. The van der Waals surface area contributed by atoms with Gasteiger partial charge in [0.25, 0.3) is 0 Å². The summed E-state index contributed by atoms with van der Waals surface area (Å²) in [7, 11) is 1.63. The number of nitrogens with one attached hydrogen (secondary N) is 1. The molecule has 2 aromatic rings. The molecular weight excluding hydrogens is 298 g/mol. The topological polar surface area (TPSA) is 38.3 Å². The van der Waals surface area contributed by atoms with E-state index in [0.717, 1.165) is 17.7 Å². The highest BCUT2D eigenvalue weighted by atomic mass is 16.5. The third-order valence-electron chi connectivity index (χ3n) is 4.08. The Hall–Kier alpha value is -2.55. The van der Waals surface area contributed by atoms with E-state index in [9.17, 15) is 4.79 Å². The number of benzene rings is 2. The molecular formula is C21H25NO2. The number of hydrogen-bond acceptors (Lipinski definition) is 2. The standard InChI is InChI=1S/C21H25NO2/c1-5-19(18-12-10-15(2)14-16(18)3)22-21(23)13-11-17-8-6-7-9-20(17)24-4/h6-14,19H,5H2,1-4H3,(H,22,23)/b13-11+/t19-/m0/s1. The van der Waals surface area contributed by atoms with Crippen LogP contribution in [0.2, 0.25) is 0 Å². The van der Waals surface area contributed by atoms with Crippen LogP contribution in [0.5, 0.6) is 5.75 Å². The lowest BCUT2D eigenvalue weighted by Crippen LogP contribution is -2.26. The second-order valence-electron chi connectivity index (χ2n) is 5.90. The third-order valence-corrected chi connectivity index (χ3v) is 4.08. The van der Waals surface area contributed by atoms with Gasteiger partial charge in [0.15, 0.2) is 0 Å². The maximum atomic E-state index is 12.3. The number of carbonyl (C=O) groups excluding carboxylic acids is 1. The summed E-state index contributed by atoms with van der Waals surface area (Å²) >= 11 is 0. The predicted octanol–water partition coefficient (Wildman–Crippen LogP) is 4.59. The molecule has 0 bridgehead atoms. The van der Waals surface area contributed by atoms with Gasteiger partial charge in [-0.1, -0.05) is 48.9 Å². The van der Waals surface area contributed by atoms with Crippen LogP contribution in [0.1, 0.15) is 41.6 Å². The van der Waals surface area contributed by atoms with Crippen molar-refractivity contribution in [2.24, 2.45) is 0 Å². The largest absolute Gasteiger partial charge is 0.496 e. The molecule has 1 atom stereocenters. The van der Waals surface area contributed by atoms with E-state index < -0.39 is 0 Å². The molecule has 0 aliphatic rings. The van der Waals surface area contributed by atoms with Crippen molar-refractivity contribution in [3.8, 4) is 5.75 Å². The van der Waals surface area contributed by atoms with Gasteiger partial charge in [-0.05, 0) is 43.5 Å². The first-order valence-electron chi connectivity index (χ1n) is 8.24. The van der Waals surface area contributed by atoms with E-state index in [1.54, 1.807) is 19.3 Å². The van der Waals surface area contributed by atoms with Crippen LogP contribution in [0.15, 0.2) is 48.5 Å². The van der Waals surface area contributed by atoms with Crippen LogP contribution in [0, 0.1) is 13.8 Å². The summed E-state index contributed by atoms with van der Waals surface area (Å²) in [5, 5.41) is 3.08. The predicted molar refractivity (Wildman–Crippen MR) is 99.1 cm³/mol. The summed E-state index contributed by atoms with van der Waals surface area (Å²) in [6.45, 7) is 6.24. The Labute approximate surface area is 144 Å². The van der Waals surface area contributed by atoms with Crippen LogP contribution >= 0.6 is 0 Å². The van der Waals surface area contributed by atoms with Crippen molar-refractivity contribution in [1.82, 2.24) is 5.32 Å². The maximum absolute atomic E-state index is 12.3. The SMILES string of the molecule is CC[C@H](NC(=O)/C=C/c1ccccc1OC)c1ccc(C)cc1C. The fourth-order valence-electron chi connectivity index (χ4n) is 2.81. The van der Waals surface area contributed by atoms with Crippen molar-refractivity contribution < 1.29 is 9.53 Å². The average molecular weight is 323 g/mol. The molecule has 24 heavy (non-hydrogen) atoms. The van der Waals surface area contributed by atoms with Crippen LogP contribution in [0.25, 0.3) is 6.08 Å². The van der Waals surface area contributed by atoms with E-state index in [-0.39, 0.29) is 11.9 Å². The molecule has 0 unspecified atom stereocenters. The lowest BCUT2D eigenvalue weighted by atomic mass is 9.97. The molecule has 0 radical (unpaired) electrons. The molecule has 0 aliphatic heterocycles. The van der Waals surface area contributed by atoms with Crippen LogP contribution in [-0.2, 0) is 4.79 Å². The zero-order valence-corrected chi connectivity index (χ0v) is 14.8. The average Bonchev–Trinajstić information content (AvgIpc) is 2.58. The molecule has 3 heteroatoms. The Balaban J connectivity index is 2.10. The van der Waals surface area contributed by atoms with E-state index in [2.05, 4.69) is 44.3 Å². The Kier molecular flexibility index (Phi) is 6.19. The molecule has 1 amide bonds. The van der Waals surface area contributed by atoms with Crippen molar-refractivity contribution in [2.45, 2.75) is 33.2 Å². The van der Waals surface area contributed by atoms with Gasteiger partial charge >= 0.3 is 0 Å². The second-order valence-corrected chi connectivity index (χ2v) is 5.90. The molecule has 2 aromatic carbocycles. The molecule has 0 aromatic heterocycles. The lowest BCUT2D eigenvalue weighted by Gasteiger charge is -2.19. The van der Waals surface area contributed by atoms with Crippen molar-refractivity contribution >= 4 is 12.0 Å². The minimum Gasteiger partial charge on any atom is -0.496 e. The van der Waals surface area contributed by atoms with Crippen molar-refractivity contribution in [3.63, 3.8) is 0 Å². The van der Waals surface area contributed by atoms with E-state index in [1.165, 1.54) is 16.7 Å². The number of hydrogen-bond donors (Lipinski definition) is 1. The summed E-state index contributed by atoms with van der Waals surface area (Å²) in [6.07, 6.45) is 4.19. The summed E-state index contributed by atoms with van der Waals surface area (Å²) in [4.78, 5) is 12.3. The highest BCUT2D eigenvalue weighted by Crippen LogP contribution is 2.22. The molecule has 0 fully saturated rings. The van der Waals surface area contributed by atoms with Crippen molar-refractivity contribution in [2.75, 3.05) is 7.11 Å². The normalized spacial score (nSPS) is 12.2. The smallest absolute Gasteiger partial charge is 0.244 e. The maximum Gasteiger partial charge on any atom is 0.244 e. The molecule has 0 spiro atoms. The molecule has 3 nitrogen and oxygen atoms in total. The minimum atomic E-state index is -0.104. The van der Waals surface area contributed by atoms with Gasteiger partial charge in [0.1, 0.15) is 5.75 Å². The van der Waals surface area contributed by atoms with Crippen molar-refractivity contribution in [1.29, 1.82) is 0 Å². The van der Waals surface area contributed by atoms with Gasteiger partial charge in [-0.3, -0.25) is 4.79 Å². The van der Waals surface area contributed by atoms with Gasteiger partial charge in [0, 0.05) is 11.6 Å². The van der Waals surface area contributed by atoms with Gasteiger partial charge in [-0.15, -0.1) is 0 Å². The number of rotatable bonds is 6. The first-order chi connectivity index (χ1) is 11.5. The lowest BCUT2D eigenvalue weighted by molar-refractivity contribution is -0.117. The molecule has 0 saturated heterocycles. The Morgan fingerprint density at radius 2 is 1.96 bits per heavy atom. The van der Waals surface area contributed by atoms with E-state index >= 15 is 0 Å². The molecule has 0 aliphatic carbocycles. The number of para-hydroxylation sites is 1. The molecule has 126 valence electrons. The molecule has 2 rings (SSSR count). The zero-order chi connectivity index (χ0) is 17.5. The van der Waals surface area contributed by atoms with Gasteiger partial charge in [-0.2, -0.15) is 0 Å². The highest BCUT2D eigenvalue weighted by molar-refractivity contribution is 5.92. The third kappa shape index (κ3) is 4.48. The van der Waals surface area contributed by atoms with Gasteiger partial charge < -0.3 is 10.1 Å². The zero-order valence-electron chi connectivity index (χ0n) is 14.8. The van der Waals surface area contributed by atoms with Gasteiger partial charge in [0.2, 0.25) is 5.91 Å². The van der Waals surface area contributed by atoms with Crippen LogP contribution in [0.4, 0.5) is 0 Å². The van der Waals surface area contributed by atoms with E-state index in [0.29, 0.717) is 0 Å². The number of methoxy groups -OCH3 is 1. The van der Waals surface area contributed by atoms with Gasteiger partial charge in [0.05, 0.1) is 13.2 Å². The highest BCUT2D eigenvalue weighted by Gasteiger charge is 2.13. The molecule has 0 saturated carbocycles. The van der Waals surface area contributed by atoms with Crippen LogP contribution < -0.4 is 10.1 Å². The Bertz CT molecular complexity index is 734. The van der Waals surface area contributed by atoms with Crippen LogP contribution in [-0.4, -0.2) is 13.0 Å². The minimum absolute atomic E-state index is 0.0143. The Morgan fingerprint density at radius 3 is 2.62 bits per heavy atom. The monoisotopic (exact) mass is 323 g/mol. The summed E-state index contributed by atoms with van der Waals surface area (Å²) in [5.74, 6) is 0.649. The van der Waals surface area contributed by atoms with E-state index in [1.807, 2.05) is 24.3 Å². The summed E-state index contributed by atoms with van der Waals surface area (Å²) < 4.78 is 5.29. The number of ether oxygens (including phenoxy) is 1. The fraction of sp³-hybridized carbons (Fsp3) is 0.286. The first kappa shape index (κ1) is 17.8. The number of aryl methyl sites for hydroxylation is 2. The van der Waals surface area contributed by atoms with Gasteiger partial charge in [-0.25, -0.2) is 0 Å². The first-order valence-corrected chi connectivity index (χ1v) is 8.24. The summed E-state index contributed by atoms with van der Waals surface area (Å²) in [5.41, 5.74) is 4.49. The van der Waals surface area contributed by atoms with Crippen LogP contribution in [0.3, 0.4) is 0 Å². The molecule has 0 heterocycles. The quantitative estimate of drug-likeness (QED) is 0.789. The Morgan fingerprint density at radius 1 is 1.21 bits per heavy atom. The summed E-state index contributed by atoms with van der Waals surface area (Å²) in [6, 6.07) is 14.0. The fourth-order valence-corrected chi connectivity index (χ4v) is 2.81.